The molecule has 5 heterocycles. The lowest BCUT2D eigenvalue weighted by Gasteiger charge is -2.40. The molecule has 2 aromatic rings. The summed E-state index contributed by atoms with van der Waals surface area (Å²) in [5, 5.41) is 3.63. The Kier molecular flexibility index (Phi) is 7.83. The molecular weight excluding hydrogens is 456 g/mol. The van der Waals surface area contributed by atoms with Crippen molar-refractivity contribution in [3.63, 3.8) is 0 Å². The van der Waals surface area contributed by atoms with Crippen molar-refractivity contribution < 1.29 is 9.47 Å². The topological polar surface area (TPSA) is 83.8 Å². The molecule has 1 aliphatic carbocycles. The number of nitrogens with zero attached hydrogens (tertiary/aromatic N) is 7. The number of hydrogen-bond donors (Lipinski definition) is 1. The van der Waals surface area contributed by atoms with Crippen molar-refractivity contribution in [3.05, 3.63) is 6.33 Å². The van der Waals surface area contributed by atoms with Gasteiger partial charge in [0.05, 0.1) is 32.8 Å². The minimum Gasteiger partial charge on any atom is -0.379 e. The van der Waals surface area contributed by atoms with Crippen molar-refractivity contribution in [3.8, 4) is 0 Å². The molecule has 0 unspecified atom stereocenters. The lowest BCUT2D eigenvalue weighted by molar-refractivity contribution is 0.0114. The third kappa shape index (κ3) is 5.46. The summed E-state index contributed by atoms with van der Waals surface area (Å²) >= 11 is 0. The lowest BCUT2D eigenvalue weighted by Crippen LogP contribution is -2.49. The van der Waals surface area contributed by atoms with E-state index in [2.05, 4.69) is 24.6 Å². The number of fused-ring (bicyclic) bond motifs is 1. The molecule has 0 amide bonds. The standard InChI is InChI=1S/C26H42N8O2/c1-2-4-22(5-3-1)34-20-28-23-24(27-8-11-31-12-16-35-17-13-31)29-26(30-25(23)34)33-9-6-21(7-10-33)32-14-18-36-19-15-32/h20-22H,1-19H2,(H,27,29,30). The van der Waals surface area contributed by atoms with Gasteiger partial charge in [-0.1, -0.05) is 19.3 Å². The van der Waals surface area contributed by atoms with Crippen LogP contribution in [0.5, 0.6) is 0 Å². The highest BCUT2D eigenvalue weighted by molar-refractivity contribution is 5.84. The zero-order chi connectivity index (χ0) is 24.2. The Labute approximate surface area is 214 Å². The van der Waals surface area contributed by atoms with Gasteiger partial charge in [0.2, 0.25) is 5.95 Å². The van der Waals surface area contributed by atoms with Gasteiger partial charge in [0.15, 0.2) is 17.0 Å². The maximum atomic E-state index is 5.56. The van der Waals surface area contributed by atoms with Gasteiger partial charge in [0.1, 0.15) is 0 Å². The van der Waals surface area contributed by atoms with E-state index in [-0.39, 0.29) is 0 Å². The Morgan fingerprint density at radius 3 is 2.28 bits per heavy atom. The van der Waals surface area contributed by atoms with Crippen LogP contribution in [0.4, 0.5) is 11.8 Å². The first kappa shape index (κ1) is 24.3. The third-order valence-corrected chi connectivity index (χ3v) is 8.51. The monoisotopic (exact) mass is 498 g/mol. The summed E-state index contributed by atoms with van der Waals surface area (Å²) in [7, 11) is 0. The Hall–Kier alpha value is -2.01. The number of piperidine rings is 1. The molecule has 0 spiro atoms. The van der Waals surface area contributed by atoms with E-state index in [4.69, 9.17) is 24.4 Å². The van der Waals surface area contributed by atoms with Crippen molar-refractivity contribution in [1.29, 1.82) is 0 Å². The summed E-state index contributed by atoms with van der Waals surface area (Å²) in [6.07, 6.45) is 10.7. The van der Waals surface area contributed by atoms with Gasteiger partial charge in [0, 0.05) is 64.4 Å². The first-order valence-corrected chi connectivity index (χ1v) is 14.2. The second-order valence-electron chi connectivity index (χ2n) is 10.7. The minimum absolute atomic E-state index is 0.500. The van der Waals surface area contributed by atoms with E-state index < -0.39 is 0 Å². The van der Waals surface area contributed by atoms with E-state index in [0.29, 0.717) is 12.1 Å². The average Bonchev–Trinajstić information content (AvgIpc) is 3.39. The quantitative estimate of drug-likeness (QED) is 0.619. The Morgan fingerprint density at radius 1 is 0.806 bits per heavy atom. The van der Waals surface area contributed by atoms with Crippen LogP contribution in [0.3, 0.4) is 0 Å². The predicted octanol–water partition coefficient (Wildman–Crippen LogP) is 2.38. The number of ether oxygens (including phenoxy) is 2. The molecule has 10 nitrogen and oxygen atoms in total. The van der Waals surface area contributed by atoms with Gasteiger partial charge < -0.3 is 24.3 Å². The second kappa shape index (κ2) is 11.6. The second-order valence-corrected chi connectivity index (χ2v) is 10.7. The number of anilines is 2. The molecule has 10 heteroatoms. The molecule has 1 saturated carbocycles. The van der Waals surface area contributed by atoms with E-state index >= 15 is 0 Å². The number of hydrogen-bond acceptors (Lipinski definition) is 9. The maximum absolute atomic E-state index is 5.56. The number of imidazole rings is 1. The molecule has 198 valence electrons. The van der Waals surface area contributed by atoms with E-state index in [0.717, 1.165) is 115 Å². The van der Waals surface area contributed by atoms with E-state index in [1.165, 1.54) is 32.1 Å². The number of nitrogens with one attached hydrogen (secondary N) is 1. The third-order valence-electron chi connectivity index (χ3n) is 8.51. The van der Waals surface area contributed by atoms with E-state index in [1.807, 2.05) is 6.33 Å². The van der Waals surface area contributed by atoms with Crippen LogP contribution in [-0.4, -0.2) is 114 Å². The van der Waals surface area contributed by atoms with Gasteiger partial charge in [-0.15, -0.1) is 0 Å². The van der Waals surface area contributed by atoms with Crippen LogP contribution >= 0.6 is 0 Å². The van der Waals surface area contributed by atoms with Gasteiger partial charge in [-0.05, 0) is 25.7 Å². The van der Waals surface area contributed by atoms with Crippen molar-refractivity contribution in [2.24, 2.45) is 0 Å². The van der Waals surface area contributed by atoms with Gasteiger partial charge >= 0.3 is 0 Å². The van der Waals surface area contributed by atoms with Crippen LogP contribution in [0.1, 0.15) is 51.0 Å². The number of morpholine rings is 2. The summed E-state index contributed by atoms with van der Waals surface area (Å²) in [5.74, 6) is 1.74. The molecule has 0 radical (unpaired) electrons. The van der Waals surface area contributed by atoms with Crippen molar-refractivity contribution in [1.82, 2.24) is 29.3 Å². The zero-order valence-corrected chi connectivity index (χ0v) is 21.6. The van der Waals surface area contributed by atoms with Crippen LogP contribution in [0.15, 0.2) is 6.33 Å². The highest BCUT2D eigenvalue weighted by Gasteiger charge is 2.28. The fourth-order valence-corrected chi connectivity index (χ4v) is 6.33. The minimum atomic E-state index is 0.500. The van der Waals surface area contributed by atoms with Crippen LogP contribution in [0.25, 0.3) is 11.2 Å². The van der Waals surface area contributed by atoms with Crippen LogP contribution < -0.4 is 10.2 Å². The normalized spacial score (nSPS) is 23.9. The van der Waals surface area contributed by atoms with Gasteiger partial charge in [0.25, 0.3) is 0 Å². The summed E-state index contributed by atoms with van der Waals surface area (Å²) in [4.78, 5) is 22.5. The number of rotatable bonds is 7. The summed E-state index contributed by atoms with van der Waals surface area (Å²) in [6, 6.07) is 1.15. The molecule has 0 atom stereocenters. The first-order chi connectivity index (χ1) is 17.8. The maximum Gasteiger partial charge on any atom is 0.229 e. The molecule has 4 fully saturated rings. The summed E-state index contributed by atoms with van der Waals surface area (Å²) in [5.41, 5.74) is 1.91. The molecule has 36 heavy (non-hydrogen) atoms. The highest BCUT2D eigenvalue weighted by Crippen LogP contribution is 2.33. The van der Waals surface area contributed by atoms with Crippen LogP contribution in [0.2, 0.25) is 0 Å². The van der Waals surface area contributed by atoms with E-state index in [1.54, 1.807) is 0 Å². The smallest absolute Gasteiger partial charge is 0.229 e. The molecular formula is C26H42N8O2. The molecule has 1 N–H and O–H groups in total. The van der Waals surface area contributed by atoms with Crippen molar-refractivity contribution >= 4 is 22.9 Å². The summed E-state index contributed by atoms with van der Waals surface area (Å²) < 4.78 is 13.4. The molecule has 2 aromatic heterocycles. The van der Waals surface area contributed by atoms with E-state index in [9.17, 15) is 0 Å². The predicted molar refractivity (Wildman–Crippen MR) is 141 cm³/mol. The van der Waals surface area contributed by atoms with Gasteiger partial charge in [-0.3, -0.25) is 9.80 Å². The first-order valence-electron chi connectivity index (χ1n) is 14.2. The fourth-order valence-electron chi connectivity index (χ4n) is 6.33. The molecule has 6 rings (SSSR count). The molecule has 0 bridgehead atoms. The molecule has 4 aliphatic rings. The largest absolute Gasteiger partial charge is 0.379 e. The van der Waals surface area contributed by atoms with Gasteiger partial charge in [-0.25, -0.2) is 4.98 Å². The fraction of sp³-hybridized carbons (Fsp3) is 0.808. The lowest BCUT2D eigenvalue weighted by atomic mass is 9.95. The molecule has 3 saturated heterocycles. The Bertz CT molecular complexity index is 974. The highest BCUT2D eigenvalue weighted by atomic mass is 16.5. The SMILES string of the molecule is c1nc2c(NCCN3CCOCC3)nc(N3CCC(N4CCOCC4)CC3)nc2n1C1CCCCC1. The number of aromatic nitrogens is 4. The zero-order valence-electron chi connectivity index (χ0n) is 21.6. The van der Waals surface area contributed by atoms with Crippen LogP contribution in [0, 0.1) is 0 Å². The van der Waals surface area contributed by atoms with Crippen molar-refractivity contribution in [2.75, 3.05) is 89.0 Å². The Morgan fingerprint density at radius 2 is 1.53 bits per heavy atom. The van der Waals surface area contributed by atoms with Gasteiger partial charge in [-0.2, -0.15) is 9.97 Å². The van der Waals surface area contributed by atoms with Crippen molar-refractivity contribution in [2.45, 2.75) is 57.0 Å². The summed E-state index contributed by atoms with van der Waals surface area (Å²) in [6.45, 7) is 11.3. The Balaban J connectivity index is 1.20. The van der Waals surface area contributed by atoms with Crippen LogP contribution in [-0.2, 0) is 9.47 Å². The molecule has 0 aromatic carbocycles. The average molecular weight is 499 g/mol. The molecule has 3 aliphatic heterocycles.